The number of rotatable bonds is 3. The Morgan fingerprint density at radius 2 is 1.93 bits per heavy atom. The van der Waals surface area contributed by atoms with Gasteiger partial charge in [0.05, 0.1) is 16.1 Å². The lowest BCUT2D eigenvalue weighted by Crippen LogP contribution is -2.51. The molecule has 0 bridgehead atoms. The van der Waals surface area contributed by atoms with Crippen LogP contribution in [0.5, 0.6) is 0 Å². The number of hydrogen-bond acceptors (Lipinski definition) is 3. The number of benzene rings is 1. The Morgan fingerprint density at radius 3 is 2.54 bits per heavy atom. The molecule has 1 aromatic carbocycles. The van der Waals surface area contributed by atoms with Crippen molar-refractivity contribution in [3.63, 3.8) is 0 Å². The molecule has 28 heavy (non-hydrogen) atoms. The summed E-state index contributed by atoms with van der Waals surface area (Å²) in [5, 5.41) is -0.653. The average Bonchev–Trinajstić information content (AvgIpc) is 2.63. The maximum atomic E-state index is 13.0. The molecule has 0 aliphatic carbocycles. The average molecular weight is 434 g/mol. The molecule has 0 spiro atoms. The van der Waals surface area contributed by atoms with Crippen molar-refractivity contribution < 1.29 is 22.8 Å². The van der Waals surface area contributed by atoms with Gasteiger partial charge in [-0.3, -0.25) is 14.6 Å². The van der Waals surface area contributed by atoms with E-state index in [0.29, 0.717) is 6.54 Å². The number of piperazine rings is 1. The van der Waals surface area contributed by atoms with E-state index in [1.807, 2.05) is 6.07 Å². The van der Waals surface area contributed by atoms with Crippen molar-refractivity contribution >= 4 is 35.8 Å². The van der Waals surface area contributed by atoms with Crippen LogP contribution in [-0.4, -0.2) is 46.2 Å². The van der Waals surface area contributed by atoms with Crippen molar-refractivity contribution in [1.29, 1.82) is 0 Å². The van der Waals surface area contributed by atoms with Crippen molar-refractivity contribution in [2.45, 2.75) is 12.7 Å². The Morgan fingerprint density at radius 1 is 1.18 bits per heavy atom. The minimum atomic E-state index is -4.66. The topological polar surface area (TPSA) is 53.5 Å². The molecular formula is C18H16Cl2F3N3O2. The summed E-state index contributed by atoms with van der Waals surface area (Å²) >= 11 is 5.81. The Labute approximate surface area is 170 Å². The van der Waals surface area contributed by atoms with Gasteiger partial charge in [-0.25, -0.2) is 0 Å². The number of carbonyl (C=O) groups is 2. The van der Waals surface area contributed by atoms with Crippen molar-refractivity contribution in [2.75, 3.05) is 19.6 Å². The summed E-state index contributed by atoms with van der Waals surface area (Å²) in [7, 11) is 0. The highest BCUT2D eigenvalue weighted by Crippen LogP contribution is 2.36. The summed E-state index contributed by atoms with van der Waals surface area (Å²) in [6, 6.07) is 6.76. The van der Waals surface area contributed by atoms with Gasteiger partial charge in [-0.2, -0.15) is 13.2 Å². The van der Waals surface area contributed by atoms with E-state index < -0.39 is 22.7 Å². The summed E-state index contributed by atoms with van der Waals surface area (Å²) in [5.41, 5.74) is -0.483. The molecule has 0 atom stereocenters. The number of alkyl halides is 3. The molecule has 1 aliphatic rings. The van der Waals surface area contributed by atoms with E-state index in [0.717, 1.165) is 17.7 Å². The van der Waals surface area contributed by atoms with Gasteiger partial charge in [-0.15, -0.1) is 12.4 Å². The first-order valence-electron chi connectivity index (χ1n) is 8.09. The third kappa shape index (κ3) is 4.74. The van der Waals surface area contributed by atoms with Gasteiger partial charge < -0.3 is 9.80 Å². The molecule has 2 heterocycles. The molecule has 0 unspecified atom stereocenters. The maximum absolute atomic E-state index is 13.0. The quantitative estimate of drug-likeness (QED) is 0.741. The van der Waals surface area contributed by atoms with Crippen LogP contribution in [0.4, 0.5) is 13.2 Å². The van der Waals surface area contributed by atoms with E-state index in [9.17, 15) is 22.8 Å². The highest BCUT2D eigenvalue weighted by Gasteiger charge is 2.36. The molecule has 5 nitrogen and oxygen atoms in total. The highest BCUT2D eigenvalue weighted by atomic mass is 35.5. The second-order valence-corrected chi connectivity index (χ2v) is 6.45. The number of carbonyl (C=O) groups excluding carboxylic acids is 2. The smallest absolute Gasteiger partial charge is 0.335 e. The number of halogens is 5. The number of amides is 2. The zero-order valence-electron chi connectivity index (χ0n) is 14.4. The van der Waals surface area contributed by atoms with Crippen molar-refractivity contribution in [2.24, 2.45) is 0 Å². The van der Waals surface area contributed by atoms with Crippen LogP contribution in [-0.2, 0) is 17.5 Å². The Balaban J connectivity index is 0.00000280. The molecule has 1 aliphatic heterocycles. The van der Waals surface area contributed by atoms with Crippen LogP contribution in [0.2, 0.25) is 5.02 Å². The third-order valence-electron chi connectivity index (χ3n) is 4.24. The zero-order valence-corrected chi connectivity index (χ0v) is 16.0. The van der Waals surface area contributed by atoms with Crippen molar-refractivity contribution in [3.8, 4) is 0 Å². The molecule has 0 radical (unpaired) electrons. The highest BCUT2D eigenvalue weighted by molar-refractivity contribution is 6.34. The first kappa shape index (κ1) is 22.0. The lowest BCUT2D eigenvalue weighted by Gasteiger charge is -2.34. The molecule has 2 amide bonds. The molecular weight excluding hydrogens is 418 g/mol. The minimum Gasteiger partial charge on any atom is -0.335 e. The van der Waals surface area contributed by atoms with E-state index in [4.69, 9.17) is 11.6 Å². The van der Waals surface area contributed by atoms with Crippen LogP contribution < -0.4 is 0 Å². The molecule has 0 N–H and O–H groups in total. The van der Waals surface area contributed by atoms with Crippen LogP contribution in [0.1, 0.15) is 21.5 Å². The van der Waals surface area contributed by atoms with E-state index in [1.165, 1.54) is 11.0 Å². The monoisotopic (exact) mass is 433 g/mol. The summed E-state index contributed by atoms with van der Waals surface area (Å²) in [6.45, 7) is 0.623. The van der Waals surface area contributed by atoms with Gasteiger partial charge in [0, 0.05) is 32.0 Å². The zero-order chi connectivity index (χ0) is 19.6. The van der Waals surface area contributed by atoms with Gasteiger partial charge >= 0.3 is 6.18 Å². The fraction of sp³-hybridized carbons (Fsp3) is 0.278. The maximum Gasteiger partial charge on any atom is 0.417 e. The third-order valence-corrected chi connectivity index (χ3v) is 4.64. The summed E-state index contributed by atoms with van der Waals surface area (Å²) in [4.78, 5) is 31.7. The lowest BCUT2D eigenvalue weighted by molar-refractivity contribution is -0.138. The number of aromatic nitrogens is 1. The van der Waals surface area contributed by atoms with Gasteiger partial charge in [0.15, 0.2) is 0 Å². The van der Waals surface area contributed by atoms with E-state index in [2.05, 4.69) is 4.98 Å². The second kappa shape index (κ2) is 8.79. The SMILES string of the molecule is Cl.O=C1CN(C(=O)c2cccc(C(F)(F)F)c2Cl)CCN1Cc1cccnc1. The molecule has 1 saturated heterocycles. The first-order valence-corrected chi connectivity index (χ1v) is 8.47. The first-order chi connectivity index (χ1) is 12.8. The number of hydrogen-bond donors (Lipinski definition) is 0. The predicted molar refractivity (Wildman–Crippen MR) is 99.3 cm³/mol. The number of pyridine rings is 1. The van der Waals surface area contributed by atoms with Gasteiger partial charge in [-0.1, -0.05) is 23.7 Å². The van der Waals surface area contributed by atoms with Gasteiger partial charge in [0.1, 0.15) is 6.54 Å². The fourth-order valence-electron chi connectivity index (χ4n) is 2.85. The lowest BCUT2D eigenvalue weighted by atomic mass is 10.1. The molecule has 3 rings (SSSR count). The summed E-state index contributed by atoms with van der Waals surface area (Å²) < 4.78 is 38.9. The summed E-state index contributed by atoms with van der Waals surface area (Å²) in [5.74, 6) is -0.984. The second-order valence-electron chi connectivity index (χ2n) is 6.07. The number of nitrogens with zero attached hydrogens (tertiary/aromatic N) is 3. The van der Waals surface area contributed by atoms with Crippen molar-refractivity contribution in [3.05, 3.63) is 64.4 Å². The van der Waals surface area contributed by atoms with Gasteiger partial charge in [0.25, 0.3) is 5.91 Å². The van der Waals surface area contributed by atoms with E-state index >= 15 is 0 Å². The predicted octanol–water partition coefficient (Wildman–Crippen LogP) is 3.66. The standard InChI is InChI=1S/C18H15ClF3N3O2.ClH/c19-16-13(4-1-5-14(16)18(20,21)22)17(27)25-8-7-24(15(26)11-25)10-12-3-2-6-23-9-12;/h1-6,9H,7-8,10-11H2;1H. The van der Waals surface area contributed by atoms with Crippen molar-refractivity contribution in [1.82, 2.24) is 14.8 Å². The molecule has 0 saturated carbocycles. The molecule has 1 aromatic heterocycles. The Kier molecular flexibility index (Phi) is 6.90. The normalized spacial score (nSPS) is 14.6. The van der Waals surface area contributed by atoms with Gasteiger partial charge in [0.2, 0.25) is 5.91 Å². The van der Waals surface area contributed by atoms with Gasteiger partial charge in [-0.05, 0) is 23.8 Å². The fourth-order valence-corrected chi connectivity index (χ4v) is 3.16. The minimum absolute atomic E-state index is 0. The van der Waals surface area contributed by atoms with E-state index in [1.54, 1.807) is 23.4 Å². The molecule has 2 aromatic rings. The van der Waals surface area contributed by atoms with Crippen LogP contribution in [0.25, 0.3) is 0 Å². The van der Waals surface area contributed by atoms with Crippen LogP contribution in [0, 0.1) is 0 Å². The molecule has 10 heteroatoms. The van der Waals surface area contributed by atoms with Crippen LogP contribution >= 0.6 is 24.0 Å². The largest absolute Gasteiger partial charge is 0.417 e. The Bertz CT molecular complexity index is 863. The summed E-state index contributed by atoms with van der Waals surface area (Å²) in [6.07, 6.45) is -1.39. The van der Waals surface area contributed by atoms with Crippen LogP contribution in [0.15, 0.2) is 42.7 Å². The van der Waals surface area contributed by atoms with Crippen LogP contribution in [0.3, 0.4) is 0 Å². The van der Waals surface area contributed by atoms with E-state index in [-0.39, 0.29) is 43.5 Å². The molecule has 1 fully saturated rings. The Hall–Kier alpha value is -2.32. The molecule has 150 valence electrons.